The Labute approximate surface area is 128 Å². The summed E-state index contributed by atoms with van der Waals surface area (Å²) in [6, 6.07) is 6.86. The number of nitrogens with one attached hydrogen (secondary N) is 1. The van der Waals surface area contributed by atoms with Crippen LogP contribution < -0.4 is 5.32 Å². The fourth-order valence-electron chi connectivity index (χ4n) is 3.40. The summed E-state index contributed by atoms with van der Waals surface area (Å²) in [5.74, 6) is 1.30. The third-order valence-corrected chi connectivity index (χ3v) is 4.76. The van der Waals surface area contributed by atoms with Crippen molar-refractivity contribution in [2.45, 2.75) is 6.42 Å². The number of hydrogen-bond donors (Lipinski definition) is 2. The van der Waals surface area contributed by atoms with Crippen molar-refractivity contribution >= 4 is 23.4 Å². The van der Waals surface area contributed by atoms with E-state index in [-0.39, 0.29) is 18.4 Å². The molecule has 0 aromatic heterocycles. The van der Waals surface area contributed by atoms with Crippen molar-refractivity contribution < 1.29 is 14.6 Å². The standard InChI is InChI=1S/C16H18ClNO3/c17-12-3-5-13(6-4-12)18-16(20)21-9-15-11-2-1-10(7-11)14(15)8-19/h1-6,10-11,14-15,19H,7-9H2,(H,18,20)/t10-,11+,14-,15-/m0/s1. The molecule has 2 aliphatic carbocycles. The van der Waals surface area contributed by atoms with E-state index in [1.807, 2.05) is 0 Å². The van der Waals surface area contributed by atoms with Crippen LogP contribution in [0.5, 0.6) is 0 Å². The largest absolute Gasteiger partial charge is 0.449 e. The number of ether oxygens (including phenoxy) is 1. The Kier molecular flexibility index (Phi) is 4.17. The number of benzene rings is 1. The van der Waals surface area contributed by atoms with Crippen LogP contribution in [0.15, 0.2) is 36.4 Å². The molecule has 21 heavy (non-hydrogen) atoms. The lowest BCUT2D eigenvalue weighted by Crippen LogP contribution is -2.29. The minimum Gasteiger partial charge on any atom is -0.449 e. The number of allylic oxidation sites excluding steroid dienone is 2. The van der Waals surface area contributed by atoms with E-state index in [0.717, 1.165) is 6.42 Å². The van der Waals surface area contributed by atoms with Gasteiger partial charge in [0.2, 0.25) is 0 Å². The van der Waals surface area contributed by atoms with E-state index >= 15 is 0 Å². The molecular weight excluding hydrogens is 290 g/mol. The summed E-state index contributed by atoms with van der Waals surface area (Å²) < 4.78 is 5.32. The van der Waals surface area contributed by atoms with Gasteiger partial charge in [-0.05, 0) is 48.4 Å². The lowest BCUT2D eigenvalue weighted by molar-refractivity contribution is 0.0911. The predicted molar refractivity (Wildman–Crippen MR) is 81.2 cm³/mol. The van der Waals surface area contributed by atoms with Crippen LogP contribution in [0.3, 0.4) is 0 Å². The molecule has 1 aromatic carbocycles. The fourth-order valence-corrected chi connectivity index (χ4v) is 3.53. The summed E-state index contributed by atoms with van der Waals surface area (Å²) in [5.41, 5.74) is 0.649. The second-order valence-electron chi connectivity index (χ2n) is 5.69. The molecule has 4 atom stereocenters. The Bertz CT molecular complexity index is 543. The molecule has 3 rings (SSSR count). The number of amides is 1. The lowest BCUT2D eigenvalue weighted by atomic mass is 9.84. The van der Waals surface area contributed by atoms with Crippen molar-refractivity contribution in [2.24, 2.45) is 23.7 Å². The zero-order valence-corrected chi connectivity index (χ0v) is 12.3. The Balaban J connectivity index is 1.52. The maximum absolute atomic E-state index is 11.8. The molecule has 2 bridgehead atoms. The van der Waals surface area contributed by atoms with Gasteiger partial charge in [0.05, 0.1) is 6.61 Å². The number of carbonyl (C=O) groups excluding carboxylic acids is 1. The predicted octanol–water partition coefficient (Wildman–Crippen LogP) is 3.32. The summed E-state index contributed by atoms with van der Waals surface area (Å²) in [6.07, 6.45) is 4.95. The summed E-state index contributed by atoms with van der Waals surface area (Å²) >= 11 is 5.79. The number of rotatable bonds is 4. The van der Waals surface area contributed by atoms with E-state index in [9.17, 15) is 9.90 Å². The van der Waals surface area contributed by atoms with E-state index < -0.39 is 6.09 Å². The van der Waals surface area contributed by atoms with Gasteiger partial charge in [-0.1, -0.05) is 23.8 Å². The van der Waals surface area contributed by atoms with Crippen LogP contribution in [0.4, 0.5) is 10.5 Å². The number of aliphatic hydroxyl groups is 1. The second kappa shape index (κ2) is 6.08. The van der Waals surface area contributed by atoms with Crippen LogP contribution in [0.25, 0.3) is 0 Å². The molecule has 0 aliphatic heterocycles. The van der Waals surface area contributed by atoms with Crippen molar-refractivity contribution in [1.29, 1.82) is 0 Å². The number of carbonyl (C=O) groups is 1. The highest BCUT2D eigenvalue weighted by molar-refractivity contribution is 6.30. The van der Waals surface area contributed by atoms with Crippen LogP contribution in [0, 0.1) is 23.7 Å². The first-order valence-corrected chi connectivity index (χ1v) is 7.53. The van der Waals surface area contributed by atoms with Crippen LogP contribution in [0.2, 0.25) is 5.02 Å². The van der Waals surface area contributed by atoms with E-state index in [1.54, 1.807) is 24.3 Å². The van der Waals surface area contributed by atoms with Gasteiger partial charge in [0, 0.05) is 23.2 Å². The summed E-state index contributed by atoms with van der Waals surface area (Å²) in [7, 11) is 0. The molecule has 0 radical (unpaired) electrons. The number of hydrogen-bond acceptors (Lipinski definition) is 3. The van der Waals surface area contributed by atoms with Gasteiger partial charge in [-0.2, -0.15) is 0 Å². The monoisotopic (exact) mass is 307 g/mol. The van der Waals surface area contributed by atoms with Crippen molar-refractivity contribution in [3.05, 3.63) is 41.4 Å². The van der Waals surface area contributed by atoms with Gasteiger partial charge in [-0.15, -0.1) is 0 Å². The maximum atomic E-state index is 11.8. The van der Waals surface area contributed by atoms with E-state index in [0.29, 0.717) is 29.2 Å². The van der Waals surface area contributed by atoms with Gasteiger partial charge in [-0.25, -0.2) is 4.79 Å². The Morgan fingerprint density at radius 3 is 2.57 bits per heavy atom. The first-order chi connectivity index (χ1) is 10.2. The molecule has 1 aromatic rings. The number of aliphatic hydroxyl groups excluding tert-OH is 1. The molecule has 5 heteroatoms. The molecule has 112 valence electrons. The third-order valence-electron chi connectivity index (χ3n) is 4.51. The molecule has 4 nitrogen and oxygen atoms in total. The second-order valence-corrected chi connectivity index (χ2v) is 6.13. The molecule has 0 unspecified atom stereocenters. The number of halogens is 1. The molecule has 0 heterocycles. The van der Waals surface area contributed by atoms with Crippen LogP contribution in [-0.4, -0.2) is 24.4 Å². The summed E-state index contributed by atoms with van der Waals surface area (Å²) in [5, 5.41) is 12.8. The molecular formula is C16H18ClNO3. The zero-order chi connectivity index (χ0) is 14.8. The topological polar surface area (TPSA) is 58.6 Å². The molecule has 2 aliphatic rings. The Hall–Kier alpha value is -1.52. The van der Waals surface area contributed by atoms with Crippen LogP contribution in [0.1, 0.15) is 6.42 Å². The highest BCUT2D eigenvalue weighted by atomic mass is 35.5. The van der Waals surface area contributed by atoms with Crippen LogP contribution >= 0.6 is 11.6 Å². The lowest BCUT2D eigenvalue weighted by Gasteiger charge is -2.25. The van der Waals surface area contributed by atoms with Gasteiger partial charge in [0.25, 0.3) is 0 Å². The molecule has 0 saturated heterocycles. The van der Waals surface area contributed by atoms with Gasteiger partial charge < -0.3 is 9.84 Å². The van der Waals surface area contributed by atoms with Crippen molar-refractivity contribution in [1.82, 2.24) is 0 Å². The van der Waals surface area contributed by atoms with Crippen molar-refractivity contribution in [3.63, 3.8) is 0 Å². The third kappa shape index (κ3) is 3.06. The molecule has 1 saturated carbocycles. The van der Waals surface area contributed by atoms with E-state index in [1.165, 1.54) is 0 Å². The summed E-state index contributed by atoms with van der Waals surface area (Å²) in [6.45, 7) is 0.495. The van der Waals surface area contributed by atoms with Gasteiger partial charge in [-0.3, -0.25) is 5.32 Å². The average Bonchev–Trinajstić information content (AvgIpc) is 3.08. The molecule has 1 amide bonds. The molecule has 2 N–H and O–H groups in total. The van der Waals surface area contributed by atoms with Crippen LogP contribution in [-0.2, 0) is 4.74 Å². The van der Waals surface area contributed by atoms with E-state index in [4.69, 9.17) is 16.3 Å². The Morgan fingerprint density at radius 2 is 1.90 bits per heavy atom. The first kappa shape index (κ1) is 14.4. The highest BCUT2D eigenvalue weighted by Gasteiger charge is 2.44. The van der Waals surface area contributed by atoms with E-state index in [2.05, 4.69) is 17.5 Å². The quantitative estimate of drug-likeness (QED) is 0.839. The molecule has 0 spiro atoms. The first-order valence-electron chi connectivity index (χ1n) is 7.16. The fraction of sp³-hybridized carbons (Fsp3) is 0.438. The van der Waals surface area contributed by atoms with Crippen molar-refractivity contribution in [2.75, 3.05) is 18.5 Å². The number of fused-ring (bicyclic) bond motifs is 2. The zero-order valence-electron chi connectivity index (χ0n) is 11.5. The normalized spacial score (nSPS) is 29.6. The minimum atomic E-state index is -0.472. The highest BCUT2D eigenvalue weighted by Crippen LogP contribution is 2.47. The van der Waals surface area contributed by atoms with Gasteiger partial charge >= 0.3 is 6.09 Å². The van der Waals surface area contributed by atoms with Gasteiger partial charge in [0.1, 0.15) is 0 Å². The molecule has 1 fully saturated rings. The summed E-state index contributed by atoms with van der Waals surface area (Å²) in [4.78, 5) is 11.8. The smallest absolute Gasteiger partial charge is 0.411 e. The van der Waals surface area contributed by atoms with Gasteiger partial charge in [0.15, 0.2) is 0 Å². The maximum Gasteiger partial charge on any atom is 0.411 e. The average molecular weight is 308 g/mol. The number of anilines is 1. The van der Waals surface area contributed by atoms with Crippen molar-refractivity contribution in [3.8, 4) is 0 Å². The minimum absolute atomic E-state index is 0.151. The SMILES string of the molecule is O=C(Nc1ccc(Cl)cc1)OC[C@@H]1[C@@H](CO)[C@H]2C=C[C@@H]1C2. The Morgan fingerprint density at radius 1 is 1.24 bits per heavy atom.